The van der Waals surface area contributed by atoms with Gasteiger partial charge >= 0.3 is 0 Å². The number of hydrogen-bond acceptors (Lipinski definition) is 4. The summed E-state index contributed by atoms with van der Waals surface area (Å²) in [6, 6.07) is 24.8. The molecule has 0 atom stereocenters. The third kappa shape index (κ3) is 5.35. The number of amides is 1. The summed E-state index contributed by atoms with van der Waals surface area (Å²) < 4.78 is 40.2. The quantitative estimate of drug-likeness (QED) is 0.519. The molecule has 3 aromatic rings. The number of hydrogen-bond donors (Lipinski definition) is 0. The van der Waals surface area contributed by atoms with Gasteiger partial charge in [0.25, 0.3) is 0 Å². The molecule has 0 aromatic heterocycles. The summed E-state index contributed by atoms with van der Waals surface area (Å²) >= 11 is 0. The van der Waals surface area contributed by atoms with Crippen LogP contribution in [0.25, 0.3) is 0 Å². The normalized spacial score (nSPS) is 15.1. The fraction of sp³-hybridized carbons (Fsp3) is 0.269. The molecule has 1 fully saturated rings. The molecule has 0 aliphatic carbocycles. The molecule has 0 radical (unpaired) electrons. The second kappa shape index (κ2) is 10.5. The van der Waals surface area contributed by atoms with Crippen LogP contribution in [0.4, 0.5) is 4.39 Å². The number of sulfonamides is 1. The maximum Gasteiger partial charge on any atom is 0.243 e. The van der Waals surface area contributed by atoms with E-state index in [4.69, 9.17) is 0 Å². The maximum absolute atomic E-state index is 13.2. The predicted molar refractivity (Wildman–Crippen MR) is 129 cm³/mol. The van der Waals surface area contributed by atoms with E-state index >= 15 is 0 Å². The van der Waals surface area contributed by atoms with Crippen molar-refractivity contribution in [1.29, 1.82) is 0 Å². The van der Waals surface area contributed by atoms with Gasteiger partial charge in [0.15, 0.2) is 0 Å². The second-order valence-corrected chi connectivity index (χ2v) is 10.3. The zero-order valence-corrected chi connectivity index (χ0v) is 19.9. The molecule has 1 saturated heterocycles. The molecule has 4 rings (SSSR count). The number of nitrogens with zero attached hydrogens (tertiary/aromatic N) is 3. The number of carbonyl (C=O) groups is 1. The minimum atomic E-state index is -3.72. The lowest BCUT2D eigenvalue weighted by Crippen LogP contribution is -2.52. The van der Waals surface area contributed by atoms with Gasteiger partial charge in [-0.3, -0.25) is 9.69 Å². The number of piperazine rings is 1. The Balaban J connectivity index is 1.41. The molecular formula is C26H28FN3O3S. The molecule has 1 amide bonds. The van der Waals surface area contributed by atoms with Crippen LogP contribution < -0.4 is 0 Å². The first kappa shape index (κ1) is 24.1. The van der Waals surface area contributed by atoms with Gasteiger partial charge in [0.2, 0.25) is 15.9 Å². The maximum atomic E-state index is 13.2. The predicted octanol–water partition coefficient (Wildman–Crippen LogP) is 3.38. The third-order valence-corrected chi connectivity index (χ3v) is 8.01. The molecule has 0 spiro atoms. The van der Waals surface area contributed by atoms with Gasteiger partial charge in [0.1, 0.15) is 5.82 Å². The second-order valence-electron chi connectivity index (χ2n) is 8.38. The molecule has 3 aromatic carbocycles. The van der Waals surface area contributed by atoms with Crippen molar-refractivity contribution in [3.8, 4) is 0 Å². The Morgan fingerprint density at radius 2 is 1.35 bits per heavy atom. The van der Waals surface area contributed by atoms with Crippen molar-refractivity contribution < 1.29 is 17.6 Å². The van der Waals surface area contributed by atoms with Crippen LogP contribution in [0, 0.1) is 5.82 Å². The van der Waals surface area contributed by atoms with Gasteiger partial charge in [-0.25, -0.2) is 12.8 Å². The smallest absolute Gasteiger partial charge is 0.243 e. The number of rotatable bonds is 7. The Morgan fingerprint density at radius 3 is 1.85 bits per heavy atom. The molecule has 0 unspecified atom stereocenters. The number of benzene rings is 3. The molecule has 34 heavy (non-hydrogen) atoms. The highest BCUT2D eigenvalue weighted by molar-refractivity contribution is 7.89. The molecule has 1 aliphatic heterocycles. The highest BCUT2D eigenvalue weighted by atomic mass is 32.2. The summed E-state index contributed by atoms with van der Waals surface area (Å²) in [7, 11) is -1.79. The number of halogens is 1. The van der Waals surface area contributed by atoms with E-state index in [1.165, 1.54) is 16.4 Å². The fourth-order valence-electron chi connectivity index (χ4n) is 4.31. The molecule has 0 saturated carbocycles. The van der Waals surface area contributed by atoms with Gasteiger partial charge in [0, 0.05) is 26.2 Å². The molecule has 0 N–H and O–H groups in total. The minimum Gasteiger partial charge on any atom is -0.339 e. The summed E-state index contributed by atoms with van der Waals surface area (Å²) in [6.07, 6.45) is 0. The van der Waals surface area contributed by atoms with E-state index in [0.717, 1.165) is 23.3 Å². The van der Waals surface area contributed by atoms with E-state index in [2.05, 4.69) is 24.3 Å². The van der Waals surface area contributed by atoms with Crippen molar-refractivity contribution in [2.24, 2.45) is 0 Å². The highest BCUT2D eigenvalue weighted by Gasteiger charge is 2.31. The first-order valence-corrected chi connectivity index (χ1v) is 12.6. The molecule has 1 aliphatic rings. The highest BCUT2D eigenvalue weighted by Crippen LogP contribution is 2.27. The molecule has 8 heteroatoms. The van der Waals surface area contributed by atoms with E-state index in [-0.39, 0.29) is 36.5 Å². The van der Waals surface area contributed by atoms with Crippen molar-refractivity contribution in [3.63, 3.8) is 0 Å². The van der Waals surface area contributed by atoms with Crippen molar-refractivity contribution in [1.82, 2.24) is 14.1 Å². The van der Waals surface area contributed by atoms with Crippen LogP contribution in [0.3, 0.4) is 0 Å². The van der Waals surface area contributed by atoms with Gasteiger partial charge in [-0.2, -0.15) is 4.31 Å². The van der Waals surface area contributed by atoms with E-state index in [1.54, 1.807) is 4.90 Å². The Kier molecular flexibility index (Phi) is 7.41. The standard InChI is InChI=1S/C26H28FN3O3S/c1-28(26(21-8-4-2-5-9-21)22-10-6-3-7-11-22)20-25(31)29-16-18-30(19-17-29)34(32,33)24-14-12-23(27)13-15-24/h2-15,26H,16-20H2,1H3. The number of likely N-dealkylation sites (N-methyl/N-ethyl adjacent to an activating group) is 1. The van der Waals surface area contributed by atoms with Crippen LogP contribution in [0.2, 0.25) is 0 Å². The minimum absolute atomic E-state index is 0.0433. The summed E-state index contributed by atoms with van der Waals surface area (Å²) in [5.74, 6) is -0.527. The van der Waals surface area contributed by atoms with Crippen LogP contribution in [0.15, 0.2) is 89.8 Å². The molecule has 0 bridgehead atoms. The lowest BCUT2D eigenvalue weighted by atomic mass is 9.97. The lowest BCUT2D eigenvalue weighted by molar-refractivity contribution is -0.133. The Hall–Kier alpha value is -3.07. The van der Waals surface area contributed by atoms with E-state index in [9.17, 15) is 17.6 Å². The summed E-state index contributed by atoms with van der Waals surface area (Å²) in [6.45, 7) is 1.24. The van der Waals surface area contributed by atoms with Crippen molar-refractivity contribution in [3.05, 3.63) is 102 Å². The van der Waals surface area contributed by atoms with Gasteiger partial charge in [-0.1, -0.05) is 60.7 Å². The Morgan fingerprint density at radius 1 is 0.853 bits per heavy atom. The van der Waals surface area contributed by atoms with Crippen molar-refractivity contribution >= 4 is 15.9 Å². The van der Waals surface area contributed by atoms with Crippen LogP contribution in [0.5, 0.6) is 0 Å². The van der Waals surface area contributed by atoms with Crippen molar-refractivity contribution in [2.45, 2.75) is 10.9 Å². The average molecular weight is 482 g/mol. The van der Waals surface area contributed by atoms with Gasteiger partial charge < -0.3 is 4.90 Å². The monoisotopic (exact) mass is 481 g/mol. The van der Waals surface area contributed by atoms with E-state index in [1.807, 2.05) is 48.3 Å². The van der Waals surface area contributed by atoms with Gasteiger partial charge in [-0.05, 0) is 42.4 Å². The topological polar surface area (TPSA) is 60.9 Å². The average Bonchev–Trinajstić information content (AvgIpc) is 2.86. The van der Waals surface area contributed by atoms with Crippen LogP contribution >= 0.6 is 0 Å². The lowest BCUT2D eigenvalue weighted by Gasteiger charge is -2.36. The van der Waals surface area contributed by atoms with E-state index < -0.39 is 15.8 Å². The van der Waals surface area contributed by atoms with Crippen molar-refractivity contribution in [2.75, 3.05) is 39.8 Å². The van der Waals surface area contributed by atoms with Crippen LogP contribution in [0.1, 0.15) is 17.2 Å². The van der Waals surface area contributed by atoms with Gasteiger partial charge in [0.05, 0.1) is 17.5 Å². The fourth-order valence-corrected chi connectivity index (χ4v) is 5.73. The summed E-state index contributed by atoms with van der Waals surface area (Å²) in [5, 5.41) is 0. The SMILES string of the molecule is CN(CC(=O)N1CCN(S(=O)(=O)c2ccc(F)cc2)CC1)C(c1ccccc1)c1ccccc1. The van der Waals surface area contributed by atoms with Crippen LogP contribution in [-0.4, -0.2) is 68.2 Å². The number of carbonyl (C=O) groups excluding carboxylic acids is 1. The summed E-state index contributed by atoms with van der Waals surface area (Å²) in [4.78, 5) is 16.9. The molecular weight excluding hydrogens is 453 g/mol. The largest absolute Gasteiger partial charge is 0.339 e. The molecule has 178 valence electrons. The third-order valence-electron chi connectivity index (χ3n) is 6.10. The molecule has 1 heterocycles. The zero-order valence-electron chi connectivity index (χ0n) is 19.0. The molecule has 6 nitrogen and oxygen atoms in total. The van der Waals surface area contributed by atoms with Gasteiger partial charge in [-0.15, -0.1) is 0 Å². The van der Waals surface area contributed by atoms with Crippen LogP contribution in [-0.2, 0) is 14.8 Å². The Labute approximate surface area is 200 Å². The Bertz CT molecular complexity index is 1160. The zero-order chi connectivity index (χ0) is 24.1. The van der Waals surface area contributed by atoms with E-state index in [0.29, 0.717) is 13.1 Å². The first-order chi connectivity index (χ1) is 16.4. The summed E-state index contributed by atoms with van der Waals surface area (Å²) in [5.41, 5.74) is 2.19. The first-order valence-electron chi connectivity index (χ1n) is 11.2.